The third-order valence-electron chi connectivity index (χ3n) is 3.21. The van der Waals surface area contributed by atoms with Crippen LogP contribution in [-0.2, 0) is 9.53 Å². The van der Waals surface area contributed by atoms with Crippen molar-refractivity contribution in [3.8, 4) is 6.01 Å². The predicted octanol–water partition coefficient (Wildman–Crippen LogP) is 1.36. The summed E-state index contributed by atoms with van der Waals surface area (Å²) in [5, 5.41) is 3.46. The Bertz CT molecular complexity index is 471. The molecule has 0 spiro atoms. The normalized spacial score (nSPS) is 15.6. The second-order valence-electron chi connectivity index (χ2n) is 4.72. The Morgan fingerprint density at radius 1 is 1.35 bits per heavy atom. The topological polar surface area (TPSA) is 86.2 Å². The van der Waals surface area contributed by atoms with Crippen LogP contribution in [0.2, 0.25) is 0 Å². The van der Waals surface area contributed by atoms with Gasteiger partial charge in [-0.15, -0.1) is 0 Å². The third kappa shape index (κ3) is 3.72. The van der Waals surface area contributed by atoms with Crippen molar-refractivity contribution in [3.63, 3.8) is 0 Å². The van der Waals surface area contributed by atoms with Crippen molar-refractivity contribution in [3.05, 3.63) is 0 Å². The molecule has 0 radical (unpaired) electrons. The van der Waals surface area contributed by atoms with Crippen LogP contribution in [0.4, 0.5) is 5.95 Å². The number of anilines is 1. The molecule has 8 heteroatoms. The van der Waals surface area contributed by atoms with Gasteiger partial charge in [-0.2, -0.15) is 15.0 Å². The van der Waals surface area contributed by atoms with E-state index in [9.17, 15) is 4.79 Å². The summed E-state index contributed by atoms with van der Waals surface area (Å²) in [5.74, 6) is 1.10. The zero-order valence-corrected chi connectivity index (χ0v) is 12.6. The maximum Gasteiger partial charge on any atom is 0.321 e. The Balaban J connectivity index is 1.98. The van der Waals surface area contributed by atoms with Crippen LogP contribution >= 0.6 is 11.8 Å². The highest BCUT2D eigenvalue weighted by Crippen LogP contribution is 2.51. The van der Waals surface area contributed by atoms with Crippen molar-refractivity contribution >= 4 is 23.7 Å². The lowest BCUT2D eigenvalue weighted by molar-refractivity contribution is -0.141. The molecule has 1 heterocycles. The lowest BCUT2D eigenvalue weighted by Gasteiger charge is -2.12. The number of rotatable bonds is 7. The van der Waals surface area contributed by atoms with Crippen molar-refractivity contribution in [1.82, 2.24) is 15.0 Å². The highest BCUT2D eigenvalue weighted by atomic mass is 32.2. The molecule has 1 fully saturated rings. The Labute approximate surface area is 121 Å². The molecule has 0 amide bonds. The minimum atomic E-state index is -0.160. The van der Waals surface area contributed by atoms with E-state index >= 15 is 0 Å². The summed E-state index contributed by atoms with van der Waals surface area (Å²) < 4.78 is 9.77. The minimum absolute atomic E-state index is 0.0391. The molecule has 0 bridgehead atoms. The summed E-state index contributed by atoms with van der Waals surface area (Å²) >= 11 is 1.51. The molecule has 0 atom stereocenters. The fourth-order valence-corrected chi connectivity index (χ4v) is 2.87. The van der Waals surface area contributed by atoms with E-state index in [2.05, 4.69) is 20.3 Å². The van der Waals surface area contributed by atoms with Crippen LogP contribution in [0.5, 0.6) is 6.01 Å². The number of carbonyl (C=O) groups excluding carboxylic acids is 1. The lowest BCUT2D eigenvalue weighted by atomic mass is 10.1. The van der Waals surface area contributed by atoms with E-state index in [1.165, 1.54) is 26.0 Å². The number of nitrogens with zero attached hydrogens (tertiary/aromatic N) is 3. The van der Waals surface area contributed by atoms with Gasteiger partial charge in [-0.25, -0.2) is 0 Å². The fourth-order valence-electron chi connectivity index (χ4n) is 1.75. The van der Waals surface area contributed by atoms with E-state index in [4.69, 9.17) is 9.47 Å². The predicted molar refractivity (Wildman–Crippen MR) is 74.9 cm³/mol. The van der Waals surface area contributed by atoms with Gasteiger partial charge in [0.15, 0.2) is 5.16 Å². The van der Waals surface area contributed by atoms with Gasteiger partial charge in [0, 0.05) is 12.8 Å². The van der Waals surface area contributed by atoms with Gasteiger partial charge in [0.25, 0.3) is 0 Å². The van der Waals surface area contributed by atoms with Crippen molar-refractivity contribution in [2.24, 2.45) is 5.41 Å². The van der Waals surface area contributed by atoms with Gasteiger partial charge in [-0.1, -0.05) is 11.8 Å². The van der Waals surface area contributed by atoms with E-state index < -0.39 is 0 Å². The molecule has 20 heavy (non-hydrogen) atoms. The summed E-state index contributed by atoms with van der Waals surface area (Å²) in [5.41, 5.74) is 0.0391. The Hall–Kier alpha value is -1.57. The van der Waals surface area contributed by atoms with Crippen LogP contribution in [0.15, 0.2) is 5.16 Å². The lowest BCUT2D eigenvalue weighted by Crippen LogP contribution is -2.13. The van der Waals surface area contributed by atoms with Crippen LogP contribution in [-0.4, -0.2) is 47.9 Å². The van der Waals surface area contributed by atoms with Crippen molar-refractivity contribution in [2.75, 3.05) is 32.3 Å². The maximum atomic E-state index is 11.4. The van der Waals surface area contributed by atoms with Gasteiger partial charge in [0.2, 0.25) is 5.95 Å². The number of hydrogen-bond acceptors (Lipinski definition) is 8. The number of esters is 1. The van der Waals surface area contributed by atoms with Gasteiger partial charge in [-0.3, -0.25) is 4.79 Å². The molecule has 2 rings (SSSR count). The Morgan fingerprint density at radius 2 is 2.10 bits per heavy atom. The smallest absolute Gasteiger partial charge is 0.321 e. The first-order chi connectivity index (χ1) is 9.60. The van der Waals surface area contributed by atoms with Crippen molar-refractivity contribution < 1.29 is 14.3 Å². The van der Waals surface area contributed by atoms with Gasteiger partial charge >= 0.3 is 12.0 Å². The number of nitrogens with one attached hydrogen (secondary N) is 1. The van der Waals surface area contributed by atoms with E-state index in [0.717, 1.165) is 18.6 Å². The molecule has 1 aromatic rings. The molecule has 110 valence electrons. The number of ether oxygens (including phenoxy) is 2. The van der Waals surface area contributed by atoms with Crippen LogP contribution in [0.1, 0.15) is 19.3 Å². The van der Waals surface area contributed by atoms with E-state index in [-0.39, 0.29) is 17.4 Å². The number of methoxy groups -OCH3 is 2. The standard InChI is InChI=1S/C12H18N4O3S/c1-13-9-14-10(19-3)16-11(15-9)20-7-12(4-5-12)6-8(17)18-2/h4-7H2,1-3H3,(H,13,14,15,16). The van der Waals surface area contributed by atoms with Gasteiger partial charge in [0.1, 0.15) is 0 Å². The number of thioether (sulfide) groups is 1. The van der Waals surface area contributed by atoms with E-state index in [1.54, 1.807) is 7.05 Å². The summed E-state index contributed by atoms with van der Waals surface area (Å²) in [4.78, 5) is 23.9. The minimum Gasteiger partial charge on any atom is -0.469 e. The second-order valence-corrected chi connectivity index (χ2v) is 5.66. The molecule has 0 aliphatic heterocycles. The first kappa shape index (κ1) is 14.8. The summed E-state index contributed by atoms with van der Waals surface area (Å²) in [6.45, 7) is 0. The van der Waals surface area contributed by atoms with Crippen LogP contribution < -0.4 is 10.1 Å². The molecular weight excluding hydrogens is 280 g/mol. The van der Waals surface area contributed by atoms with Crippen LogP contribution in [0, 0.1) is 5.41 Å². The van der Waals surface area contributed by atoms with Crippen molar-refractivity contribution in [2.45, 2.75) is 24.4 Å². The molecule has 1 N–H and O–H groups in total. The summed E-state index contributed by atoms with van der Waals surface area (Å²) in [7, 11) is 4.67. The van der Waals surface area contributed by atoms with E-state index in [1.807, 2.05) is 0 Å². The van der Waals surface area contributed by atoms with Gasteiger partial charge in [-0.05, 0) is 18.3 Å². The van der Waals surface area contributed by atoms with Gasteiger partial charge in [0.05, 0.1) is 20.6 Å². The fraction of sp³-hybridized carbons (Fsp3) is 0.667. The summed E-state index contributed by atoms with van der Waals surface area (Å²) in [6.07, 6.45) is 2.53. The molecule has 1 aromatic heterocycles. The molecule has 1 aliphatic carbocycles. The number of carbonyl (C=O) groups is 1. The maximum absolute atomic E-state index is 11.4. The molecule has 0 unspecified atom stereocenters. The Kier molecular flexibility index (Phi) is 4.64. The zero-order chi connectivity index (χ0) is 14.6. The monoisotopic (exact) mass is 298 g/mol. The first-order valence-electron chi connectivity index (χ1n) is 6.28. The quantitative estimate of drug-likeness (QED) is 0.596. The van der Waals surface area contributed by atoms with Crippen LogP contribution in [0.25, 0.3) is 0 Å². The molecule has 1 aliphatic rings. The SMILES string of the molecule is CNc1nc(OC)nc(SCC2(CC(=O)OC)CC2)n1. The molecule has 1 saturated carbocycles. The van der Waals surface area contributed by atoms with E-state index in [0.29, 0.717) is 17.5 Å². The average Bonchev–Trinajstić information content (AvgIpc) is 3.24. The van der Waals surface area contributed by atoms with Gasteiger partial charge < -0.3 is 14.8 Å². The largest absolute Gasteiger partial charge is 0.469 e. The zero-order valence-electron chi connectivity index (χ0n) is 11.8. The number of aromatic nitrogens is 3. The highest BCUT2D eigenvalue weighted by molar-refractivity contribution is 7.99. The molecule has 0 saturated heterocycles. The third-order valence-corrected chi connectivity index (χ3v) is 4.41. The number of hydrogen-bond donors (Lipinski definition) is 1. The van der Waals surface area contributed by atoms with Crippen molar-refractivity contribution in [1.29, 1.82) is 0 Å². The van der Waals surface area contributed by atoms with Crippen LogP contribution in [0.3, 0.4) is 0 Å². The summed E-state index contributed by atoms with van der Waals surface area (Å²) in [6, 6.07) is 0.282. The Morgan fingerprint density at radius 3 is 2.65 bits per heavy atom. The average molecular weight is 298 g/mol. The molecule has 0 aromatic carbocycles. The molecular formula is C12H18N4O3S. The molecule has 7 nitrogen and oxygen atoms in total. The highest BCUT2D eigenvalue weighted by Gasteiger charge is 2.44. The second kappa shape index (κ2) is 6.25. The first-order valence-corrected chi connectivity index (χ1v) is 7.27.